The first-order chi connectivity index (χ1) is 8.27. The van der Waals surface area contributed by atoms with E-state index in [9.17, 15) is 0 Å². The highest BCUT2D eigenvalue weighted by molar-refractivity contribution is 5.39. The Labute approximate surface area is 103 Å². The smallest absolute Gasteiger partial charge is 0.161 e. The molecule has 0 aliphatic rings. The van der Waals surface area contributed by atoms with Gasteiger partial charge in [0.2, 0.25) is 0 Å². The van der Waals surface area contributed by atoms with Crippen molar-refractivity contribution in [1.82, 2.24) is 0 Å². The van der Waals surface area contributed by atoms with Gasteiger partial charge in [-0.25, -0.2) is 0 Å². The highest BCUT2D eigenvalue weighted by Crippen LogP contribution is 2.25. The number of rotatable bonds is 8. The van der Waals surface area contributed by atoms with E-state index in [1.54, 1.807) is 14.2 Å². The number of ether oxygens (including phenoxy) is 3. The average Bonchev–Trinajstić information content (AvgIpc) is 2.35. The van der Waals surface area contributed by atoms with Crippen molar-refractivity contribution in [3.05, 3.63) is 24.3 Å². The molecule has 0 spiro atoms. The van der Waals surface area contributed by atoms with Gasteiger partial charge in [0.05, 0.1) is 20.3 Å². The van der Waals surface area contributed by atoms with Crippen molar-refractivity contribution in [2.24, 2.45) is 5.73 Å². The first-order valence-corrected chi connectivity index (χ1v) is 5.78. The van der Waals surface area contributed by atoms with Crippen LogP contribution in [0.5, 0.6) is 11.5 Å². The molecule has 0 aliphatic heterocycles. The summed E-state index contributed by atoms with van der Waals surface area (Å²) < 4.78 is 15.8. The molecule has 0 amide bonds. The fourth-order valence-electron chi connectivity index (χ4n) is 1.56. The van der Waals surface area contributed by atoms with E-state index in [-0.39, 0.29) is 6.04 Å². The molecule has 0 radical (unpaired) electrons. The van der Waals surface area contributed by atoms with Gasteiger partial charge in [0.25, 0.3) is 0 Å². The molecule has 96 valence electrons. The zero-order chi connectivity index (χ0) is 12.5. The molecule has 17 heavy (non-hydrogen) atoms. The molecule has 0 heterocycles. The van der Waals surface area contributed by atoms with Gasteiger partial charge in [-0.05, 0) is 25.0 Å². The molecule has 0 aromatic heterocycles. The Morgan fingerprint density at radius 3 is 2.53 bits per heavy atom. The quantitative estimate of drug-likeness (QED) is 0.703. The van der Waals surface area contributed by atoms with E-state index in [4.69, 9.17) is 19.9 Å². The molecule has 4 nitrogen and oxygen atoms in total. The van der Waals surface area contributed by atoms with Crippen LogP contribution >= 0.6 is 0 Å². The second-order valence-electron chi connectivity index (χ2n) is 3.86. The zero-order valence-electron chi connectivity index (χ0n) is 10.5. The maximum atomic E-state index is 5.81. The van der Waals surface area contributed by atoms with Crippen LogP contribution in [0.2, 0.25) is 0 Å². The van der Waals surface area contributed by atoms with Gasteiger partial charge in [-0.2, -0.15) is 0 Å². The third kappa shape index (κ3) is 5.06. The van der Waals surface area contributed by atoms with Gasteiger partial charge in [0.15, 0.2) is 11.5 Å². The zero-order valence-corrected chi connectivity index (χ0v) is 10.5. The van der Waals surface area contributed by atoms with E-state index >= 15 is 0 Å². The molecule has 4 heteroatoms. The minimum atomic E-state index is 0.0845. The van der Waals surface area contributed by atoms with Crippen molar-refractivity contribution in [2.45, 2.75) is 18.9 Å². The topological polar surface area (TPSA) is 53.7 Å². The molecule has 0 bridgehead atoms. The van der Waals surface area contributed by atoms with Gasteiger partial charge in [0, 0.05) is 13.2 Å². The van der Waals surface area contributed by atoms with E-state index in [1.165, 1.54) is 0 Å². The van der Waals surface area contributed by atoms with Crippen LogP contribution in [0.1, 0.15) is 12.8 Å². The van der Waals surface area contributed by atoms with E-state index in [2.05, 4.69) is 0 Å². The first kappa shape index (κ1) is 13.8. The minimum absolute atomic E-state index is 0.0845. The van der Waals surface area contributed by atoms with Gasteiger partial charge < -0.3 is 19.9 Å². The fourth-order valence-corrected chi connectivity index (χ4v) is 1.56. The first-order valence-electron chi connectivity index (χ1n) is 5.78. The summed E-state index contributed by atoms with van der Waals surface area (Å²) in [5, 5.41) is 0. The molecule has 1 atom stereocenters. The van der Waals surface area contributed by atoms with Crippen molar-refractivity contribution in [2.75, 3.05) is 27.4 Å². The normalized spacial score (nSPS) is 12.2. The SMILES string of the molecule is COCC(N)CCCOc1ccccc1OC. The largest absolute Gasteiger partial charge is 0.493 e. The van der Waals surface area contributed by atoms with Crippen LogP contribution in [0.4, 0.5) is 0 Å². The van der Waals surface area contributed by atoms with Crippen LogP contribution in [0.25, 0.3) is 0 Å². The highest BCUT2D eigenvalue weighted by Gasteiger charge is 2.04. The van der Waals surface area contributed by atoms with Gasteiger partial charge in [-0.15, -0.1) is 0 Å². The van der Waals surface area contributed by atoms with Crippen molar-refractivity contribution in [3.63, 3.8) is 0 Å². The van der Waals surface area contributed by atoms with Gasteiger partial charge in [0.1, 0.15) is 0 Å². The Morgan fingerprint density at radius 1 is 1.18 bits per heavy atom. The van der Waals surface area contributed by atoms with Crippen LogP contribution in [-0.4, -0.2) is 33.5 Å². The molecule has 1 rings (SSSR count). The molecule has 1 unspecified atom stereocenters. The summed E-state index contributed by atoms with van der Waals surface area (Å²) in [6, 6.07) is 7.70. The summed E-state index contributed by atoms with van der Waals surface area (Å²) in [6.45, 7) is 1.23. The molecule has 0 saturated carbocycles. The summed E-state index contributed by atoms with van der Waals surface area (Å²) in [4.78, 5) is 0. The number of para-hydroxylation sites is 2. The van der Waals surface area contributed by atoms with E-state index in [0.717, 1.165) is 24.3 Å². The molecule has 0 aliphatic carbocycles. The number of nitrogens with two attached hydrogens (primary N) is 1. The Kier molecular flexibility index (Phi) is 6.43. The number of methoxy groups -OCH3 is 2. The Bertz CT molecular complexity index is 317. The monoisotopic (exact) mass is 239 g/mol. The summed E-state index contributed by atoms with van der Waals surface area (Å²) in [5.74, 6) is 1.53. The molecular weight excluding hydrogens is 218 g/mol. The molecular formula is C13H21NO3. The third-order valence-electron chi connectivity index (χ3n) is 2.43. The fraction of sp³-hybridized carbons (Fsp3) is 0.538. The van der Waals surface area contributed by atoms with E-state index < -0.39 is 0 Å². The maximum absolute atomic E-state index is 5.81. The average molecular weight is 239 g/mol. The van der Waals surface area contributed by atoms with Crippen LogP contribution < -0.4 is 15.2 Å². The molecule has 1 aromatic rings. The Hall–Kier alpha value is -1.26. The van der Waals surface area contributed by atoms with Crippen LogP contribution in [-0.2, 0) is 4.74 Å². The van der Waals surface area contributed by atoms with Gasteiger partial charge in [-0.1, -0.05) is 12.1 Å². The van der Waals surface area contributed by atoms with Crippen LogP contribution in [0, 0.1) is 0 Å². The summed E-state index contributed by atoms with van der Waals surface area (Å²) >= 11 is 0. The van der Waals surface area contributed by atoms with Crippen molar-refractivity contribution < 1.29 is 14.2 Å². The molecule has 2 N–H and O–H groups in total. The van der Waals surface area contributed by atoms with Gasteiger partial charge >= 0.3 is 0 Å². The second kappa shape index (κ2) is 7.92. The maximum Gasteiger partial charge on any atom is 0.161 e. The molecule has 1 aromatic carbocycles. The standard InChI is InChI=1S/C13H21NO3/c1-15-10-11(14)6-5-9-17-13-8-4-3-7-12(13)16-2/h3-4,7-8,11H,5-6,9-10,14H2,1-2H3. The van der Waals surface area contributed by atoms with Crippen LogP contribution in [0.15, 0.2) is 24.3 Å². The van der Waals surface area contributed by atoms with E-state index in [0.29, 0.717) is 13.2 Å². The lowest BCUT2D eigenvalue weighted by molar-refractivity contribution is 0.172. The summed E-state index contributed by atoms with van der Waals surface area (Å²) in [7, 11) is 3.29. The number of hydrogen-bond acceptors (Lipinski definition) is 4. The predicted octanol–water partition coefficient (Wildman–Crippen LogP) is 1.83. The number of hydrogen-bond donors (Lipinski definition) is 1. The number of benzene rings is 1. The third-order valence-corrected chi connectivity index (χ3v) is 2.43. The lowest BCUT2D eigenvalue weighted by atomic mass is 10.2. The Morgan fingerprint density at radius 2 is 1.88 bits per heavy atom. The molecule has 0 saturated heterocycles. The lowest BCUT2D eigenvalue weighted by Crippen LogP contribution is -2.25. The van der Waals surface area contributed by atoms with Gasteiger partial charge in [-0.3, -0.25) is 0 Å². The van der Waals surface area contributed by atoms with Crippen molar-refractivity contribution >= 4 is 0 Å². The van der Waals surface area contributed by atoms with E-state index in [1.807, 2.05) is 24.3 Å². The molecule has 0 fully saturated rings. The summed E-state index contributed by atoms with van der Waals surface area (Å²) in [6.07, 6.45) is 1.80. The Balaban J connectivity index is 2.26. The van der Waals surface area contributed by atoms with Crippen LogP contribution in [0.3, 0.4) is 0 Å². The van der Waals surface area contributed by atoms with Crippen molar-refractivity contribution in [1.29, 1.82) is 0 Å². The van der Waals surface area contributed by atoms with Crippen molar-refractivity contribution in [3.8, 4) is 11.5 Å². The predicted molar refractivity (Wildman–Crippen MR) is 67.6 cm³/mol. The highest BCUT2D eigenvalue weighted by atomic mass is 16.5. The lowest BCUT2D eigenvalue weighted by Gasteiger charge is -2.12. The minimum Gasteiger partial charge on any atom is -0.493 e. The second-order valence-corrected chi connectivity index (χ2v) is 3.86. The summed E-state index contributed by atoms with van der Waals surface area (Å²) in [5.41, 5.74) is 5.81.